The van der Waals surface area contributed by atoms with Crippen LogP contribution in [0.25, 0.3) is 0 Å². The summed E-state index contributed by atoms with van der Waals surface area (Å²) in [6, 6.07) is 1.07. The molecule has 0 fully saturated rings. The van der Waals surface area contributed by atoms with Crippen molar-refractivity contribution in [2.24, 2.45) is 0 Å². The Bertz CT molecular complexity index is 49.7. The molecule has 0 bridgehead atoms. The second kappa shape index (κ2) is 2.67. The first-order chi connectivity index (χ1) is 3.12. The Morgan fingerprint density at radius 3 is 1.71 bits per heavy atom. The van der Waals surface area contributed by atoms with Crippen LogP contribution in [0.4, 0.5) is 4.11 Å². The largest absolute Gasteiger partial charge is 0.338 e. The molecule has 44 valence electrons. The van der Waals surface area contributed by atoms with Crippen molar-refractivity contribution in [1.82, 2.24) is 0 Å². The lowest BCUT2D eigenvalue weighted by Gasteiger charge is -2.05. The van der Waals surface area contributed by atoms with Crippen LogP contribution in [0, 0.1) is 0 Å². The third kappa shape index (κ3) is 3.06. The van der Waals surface area contributed by atoms with Crippen LogP contribution in [-0.4, -0.2) is 7.72 Å². The Kier molecular flexibility index (Phi) is 2.84. The van der Waals surface area contributed by atoms with E-state index in [0.29, 0.717) is 12.1 Å². The lowest BCUT2D eigenvalue weighted by atomic mass is 11.0. The molecule has 0 atom stereocenters. The molecule has 0 aromatic carbocycles. The van der Waals surface area contributed by atoms with E-state index in [0.717, 1.165) is 0 Å². The van der Waals surface area contributed by atoms with E-state index in [-0.39, 0.29) is 0 Å². The lowest BCUT2D eigenvalue weighted by Crippen LogP contribution is -2.15. The van der Waals surface area contributed by atoms with Crippen molar-refractivity contribution in [3.8, 4) is 0 Å². The maximum absolute atomic E-state index is 12.5. The summed E-state index contributed by atoms with van der Waals surface area (Å²) in [5, 5.41) is 0. The molecule has 0 aliphatic rings. The Labute approximate surface area is 49.6 Å². The van der Waals surface area contributed by atoms with E-state index >= 15 is 0 Å². The number of halogens is 2. The minimum Gasteiger partial charge on any atom is -0.293 e. The molecule has 3 heteroatoms. The summed E-state index contributed by atoms with van der Waals surface area (Å²) in [5.41, 5.74) is 0. The summed E-state index contributed by atoms with van der Waals surface area (Å²) in [7, 11) is -2.68. The summed E-state index contributed by atoms with van der Waals surface area (Å²) >= 11 is 5.38. The molecule has 7 heavy (non-hydrogen) atoms. The minimum absolute atomic E-state index is 0.533. The standard InChI is InChI=1S/C4H10ClFSi/c1-3-7(5,6)4-2/h3-4H2,1-2H3. The summed E-state index contributed by atoms with van der Waals surface area (Å²) in [6.07, 6.45) is 0. The molecule has 0 amide bonds. The van der Waals surface area contributed by atoms with Gasteiger partial charge in [0.2, 0.25) is 0 Å². The molecule has 0 aromatic rings. The average Bonchev–Trinajstić information content (AvgIpc) is 1.68. The van der Waals surface area contributed by atoms with Crippen molar-refractivity contribution in [2.45, 2.75) is 25.9 Å². The highest BCUT2D eigenvalue weighted by atomic mass is 35.6. The van der Waals surface area contributed by atoms with Gasteiger partial charge in [0.15, 0.2) is 0 Å². The van der Waals surface area contributed by atoms with Gasteiger partial charge in [-0.1, -0.05) is 13.8 Å². The third-order valence-electron chi connectivity index (χ3n) is 1.03. The van der Waals surface area contributed by atoms with Gasteiger partial charge in [0.25, 0.3) is 0 Å². The summed E-state index contributed by atoms with van der Waals surface area (Å²) in [6.45, 7) is 3.59. The van der Waals surface area contributed by atoms with Crippen LogP contribution in [0.5, 0.6) is 0 Å². The molecule has 0 spiro atoms. The van der Waals surface area contributed by atoms with Gasteiger partial charge in [0.1, 0.15) is 0 Å². The van der Waals surface area contributed by atoms with Crippen LogP contribution in [0.15, 0.2) is 0 Å². The van der Waals surface area contributed by atoms with E-state index in [1.807, 2.05) is 0 Å². The zero-order chi connectivity index (χ0) is 5.91. The van der Waals surface area contributed by atoms with Crippen LogP contribution >= 0.6 is 11.1 Å². The van der Waals surface area contributed by atoms with Crippen molar-refractivity contribution in [3.05, 3.63) is 0 Å². The van der Waals surface area contributed by atoms with Crippen molar-refractivity contribution < 1.29 is 4.11 Å². The Balaban J connectivity index is 3.36. The van der Waals surface area contributed by atoms with Gasteiger partial charge in [0, 0.05) is 0 Å². The predicted molar refractivity (Wildman–Crippen MR) is 33.7 cm³/mol. The van der Waals surface area contributed by atoms with Gasteiger partial charge in [-0.15, -0.1) is 11.1 Å². The smallest absolute Gasteiger partial charge is 0.293 e. The van der Waals surface area contributed by atoms with Gasteiger partial charge in [0.05, 0.1) is 0 Å². The molecule has 0 nitrogen and oxygen atoms in total. The topological polar surface area (TPSA) is 0 Å². The number of hydrogen-bond donors (Lipinski definition) is 0. The van der Waals surface area contributed by atoms with E-state index in [2.05, 4.69) is 0 Å². The van der Waals surface area contributed by atoms with E-state index in [1.165, 1.54) is 0 Å². The monoisotopic (exact) mass is 140 g/mol. The minimum atomic E-state index is -2.68. The molecule has 0 rings (SSSR count). The zero-order valence-corrected chi connectivity index (χ0v) is 6.43. The fourth-order valence-corrected chi connectivity index (χ4v) is 0.750. The predicted octanol–water partition coefficient (Wildman–Crippen LogP) is 2.68. The first kappa shape index (κ1) is 7.44. The quantitative estimate of drug-likeness (QED) is 0.409. The zero-order valence-electron chi connectivity index (χ0n) is 4.67. The van der Waals surface area contributed by atoms with Gasteiger partial charge in [-0.25, -0.2) is 0 Å². The highest BCUT2D eigenvalue weighted by molar-refractivity contribution is 7.16. The fourth-order valence-electron chi connectivity index (χ4n) is 0.250. The molecule has 0 N–H and O–H groups in total. The molecule has 0 aromatic heterocycles. The van der Waals surface area contributed by atoms with Gasteiger partial charge < -0.3 is 0 Å². The third-order valence-corrected chi connectivity index (χ3v) is 4.71. The molecular weight excluding hydrogens is 131 g/mol. The maximum Gasteiger partial charge on any atom is 0.338 e. The molecule has 0 radical (unpaired) electrons. The van der Waals surface area contributed by atoms with Crippen molar-refractivity contribution in [3.63, 3.8) is 0 Å². The molecular formula is C4H10ClFSi. The van der Waals surface area contributed by atoms with E-state index in [9.17, 15) is 4.11 Å². The summed E-state index contributed by atoms with van der Waals surface area (Å²) < 4.78 is 12.5. The molecule has 0 heterocycles. The normalized spacial score (nSPS) is 12.0. The summed E-state index contributed by atoms with van der Waals surface area (Å²) in [5.74, 6) is 0. The van der Waals surface area contributed by atoms with Crippen molar-refractivity contribution >= 4 is 18.8 Å². The van der Waals surface area contributed by atoms with E-state index < -0.39 is 7.72 Å². The molecule has 0 unspecified atom stereocenters. The SMILES string of the molecule is CC[Si](F)(Cl)CC. The number of rotatable bonds is 2. The van der Waals surface area contributed by atoms with Crippen LogP contribution < -0.4 is 0 Å². The molecule has 0 aliphatic carbocycles. The van der Waals surface area contributed by atoms with Gasteiger partial charge in [-0.3, -0.25) is 4.11 Å². The van der Waals surface area contributed by atoms with E-state index in [1.54, 1.807) is 13.8 Å². The first-order valence-corrected chi connectivity index (χ1v) is 5.80. The van der Waals surface area contributed by atoms with Crippen molar-refractivity contribution in [2.75, 3.05) is 0 Å². The molecule has 0 aliphatic heterocycles. The highest BCUT2D eigenvalue weighted by Gasteiger charge is 2.25. The van der Waals surface area contributed by atoms with Gasteiger partial charge in [-0.2, -0.15) is 0 Å². The molecule has 0 saturated carbocycles. The van der Waals surface area contributed by atoms with Crippen LogP contribution in [-0.2, 0) is 0 Å². The molecule has 0 saturated heterocycles. The highest BCUT2D eigenvalue weighted by Crippen LogP contribution is 2.20. The van der Waals surface area contributed by atoms with Gasteiger partial charge in [-0.05, 0) is 12.1 Å². The van der Waals surface area contributed by atoms with Crippen LogP contribution in [0.3, 0.4) is 0 Å². The van der Waals surface area contributed by atoms with Crippen LogP contribution in [0.2, 0.25) is 12.1 Å². The first-order valence-electron chi connectivity index (χ1n) is 2.50. The Hall–Kier alpha value is 0.437. The van der Waals surface area contributed by atoms with Crippen LogP contribution in [0.1, 0.15) is 13.8 Å². The maximum atomic E-state index is 12.5. The Morgan fingerprint density at radius 1 is 1.43 bits per heavy atom. The average molecular weight is 141 g/mol. The lowest BCUT2D eigenvalue weighted by molar-refractivity contribution is 0.799. The van der Waals surface area contributed by atoms with Gasteiger partial charge >= 0.3 is 7.72 Å². The number of hydrogen-bond acceptors (Lipinski definition) is 0. The second-order valence-electron chi connectivity index (χ2n) is 1.56. The van der Waals surface area contributed by atoms with Crippen molar-refractivity contribution in [1.29, 1.82) is 0 Å². The fraction of sp³-hybridized carbons (Fsp3) is 1.00. The van der Waals surface area contributed by atoms with E-state index in [4.69, 9.17) is 11.1 Å². The summed E-state index contributed by atoms with van der Waals surface area (Å²) in [4.78, 5) is 0. The second-order valence-corrected chi connectivity index (χ2v) is 6.72. The Morgan fingerprint density at radius 2 is 1.71 bits per heavy atom.